The summed E-state index contributed by atoms with van der Waals surface area (Å²) >= 11 is 3.52. The van der Waals surface area contributed by atoms with Crippen molar-refractivity contribution in [2.24, 2.45) is 0 Å². The number of aryl methyl sites for hydroxylation is 2. The summed E-state index contributed by atoms with van der Waals surface area (Å²) in [6.45, 7) is 3.98. The van der Waals surface area contributed by atoms with E-state index in [1.807, 2.05) is 38.1 Å². The average Bonchev–Trinajstić information content (AvgIpc) is 3.38. The minimum absolute atomic E-state index is 0.286. The normalized spacial score (nSPS) is 10.8. The molecular formula is C23H21BrN4O4. The molecule has 164 valence electrons. The molecule has 0 aliphatic carbocycles. The molecule has 0 bridgehead atoms. The largest absolute Gasteiger partial charge is 0.493 e. The number of anilines is 1. The summed E-state index contributed by atoms with van der Waals surface area (Å²) in [6, 6.07) is 14.5. The molecule has 0 atom stereocenters. The molecule has 2 aromatic carbocycles. The molecule has 2 N–H and O–H groups in total. The van der Waals surface area contributed by atoms with Gasteiger partial charge in [-0.2, -0.15) is 5.10 Å². The minimum atomic E-state index is -0.314. The molecule has 0 saturated carbocycles. The van der Waals surface area contributed by atoms with Crippen LogP contribution in [0.15, 0.2) is 57.5 Å². The van der Waals surface area contributed by atoms with Gasteiger partial charge in [-0.1, -0.05) is 39.3 Å². The summed E-state index contributed by atoms with van der Waals surface area (Å²) in [5, 5.41) is 13.8. The van der Waals surface area contributed by atoms with Crippen molar-refractivity contribution in [2.45, 2.75) is 20.5 Å². The van der Waals surface area contributed by atoms with Crippen LogP contribution in [0.3, 0.4) is 0 Å². The number of nitrogens with zero attached hydrogens (tertiary/aromatic N) is 2. The van der Waals surface area contributed by atoms with Gasteiger partial charge in [0.15, 0.2) is 17.3 Å². The maximum Gasteiger partial charge on any atom is 0.257 e. The molecule has 0 fully saturated rings. The summed E-state index contributed by atoms with van der Waals surface area (Å²) in [6.07, 6.45) is 0. The molecule has 0 spiro atoms. The fourth-order valence-corrected chi connectivity index (χ4v) is 3.68. The van der Waals surface area contributed by atoms with Gasteiger partial charge in [0.25, 0.3) is 5.91 Å². The van der Waals surface area contributed by atoms with E-state index < -0.39 is 0 Å². The number of nitrogens with one attached hydrogen (secondary N) is 2. The fourth-order valence-electron chi connectivity index (χ4n) is 3.18. The number of ether oxygens (including phenoxy) is 2. The van der Waals surface area contributed by atoms with E-state index in [2.05, 4.69) is 36.6 Å². The summed E-state index contributed by atoms with van der Waals surface area (Å²) in [5.41, 5.74) is 3.80. The lowest BCUT2D eigenvalue weighted by Crippen LogP contribution is -2.12. The van der Waals surface area contributed by atoms with Crippen molar-refractivity contribution in [3.8, 4) is 22.8 Å². The van der Waals surface area contributed by atoms with E-state index >= 15 is 0 Å². The van der Waals surface area contributed by atoms with Crippen LogP contribution in [0.25, 0.3) is 11.3 Å². The van der Waals surface area contributed by atoms with Crippen molar-refractivity contribution >= 4 is 27.7 Å². The van der Waals surface area contributed by atoms with E-state index in [0.717, 1.165) is 27.0 Å². The van der Waals surface area contributed by atoms with Gasteiger partial charge in [-0.15, -0.1) is 0 Å². The van der Waals surface area contributed by atoms with E-state index in [4.69, 9.17) is 14.0 Å². The number of carbonyl (C=O) groups excluding carboxylic acids is 1. The quantitative estimate of drug-likeness (QED) is 0.360. The first-order valence-electron chi connectivity index (χ1n) is 9.80. The molecule has 4 aromatic rings. The number of aromatic nitrogens is 3. The first-order valence-corrected chi connectivity index (χ1v) is 10.6. The Morgan fingerprint density at radius 1 is 1.16 bits per heavy atom. The first kappa shape index (κ1) is 21.6. The number of amides is 1. The second-order valence-electron chi connectivity index (χ2n) is 7.06. The minimum Gasteiger partial charge on any atom is -0.493 e. The van der Waals surface area contributed by atoms with E-state index in [9.17, 15) is 4.79 Å². The molecule has 9 heteroatoms. The average molecular weight is 497 g/mol. The lowest BCUT2D eigenvalue weighted by molar-refractivity contribution is 0.102. The van der Waals surface area contributed by atoms with Crippen LogP contribution in [0.4, 0.5) is 5.82 Å². The number of halogens is 1. The third-order valence-corrected chi connectivity index (χ3v) is 5.65. The molecule has 0 unspecified atom stereocenters. The van der Waals surface area contributed by atoms with Crippen molar-refractivity contribution in [1.29, 1.82) is 0 Å². The lowest BCUT2D eigenvalue weighted by atomic mass is 10.1. The second-order valence-corrected chi connectivity index (χ2v) is 7.91. The number of aromatic amines is 1. The van der Waals surface area contributed by atoms with Crippen LogP contribution in [0, 0.1) is 13.8 Å². The zero-order valence-electron chi connectivity index (χ0n) is 17.7. The topological polar surface area (TPSA) is 102 Å². The Morgan fingerprint density at radius 3 is 2.69 bits per heavy atom. The van der Waals surface area contributed by atoms with Gasteiger partial charge in [0.1, 0.15) is 12.4 Å². The van der Waals surface area contributed by atoms with Crippen molar-refractivity contribution < 1.29 is 18.8 Å². The van der Waals surface area contributed by atoms with E-state index in [0.29, 0.717) is 28.6 Å². The number of methoxy groups -OCH3 is 1. The monoisotopic (exact) mass is 496 g/mol. The number of carbonyl (C=O) groups is 1. The molecular weight excluding hydrogens is 476 g/mol. The van der Waals surface area contributed by atoms with Crippen molar-refractivity contribution in [3.05, 3.63) is 75.6 Å². The third-order valence-electron chi connectivity index (χ3n) is 4.96. The van der Waals surface area contributed by atoms with Crippen molar-refractivity contribution in [1.82, 2.24) is 15.4 Å². The van der Waals surface area contributed by atoms with Crippen LogP contribution in [-0.4, -0.2) is 28.4 Å². The van der Waals surface area contributed by atoms with Gasteiger partial charge < -0.3 is 19.3 Å². The van der Waals surface area contributed by atoms with Crippen LogP contribution in [0.1, 0.15) is 27.4 Å². The van der Waals surface area contributed by atoms with Gasteiger partial charge in [0.2, 0.25) is 0 Å². The Bertz CT molecular complexity index is 1250. The van der Waals surface area contributed by atoms with Gasteiger partial charge in [-0.05, 0) is 38.1 Å². The molecule has 0 aliphatic heterocycles. The molecule has 8 nitrogen and oxygen atoms in total. The smallest absolute Gasteiger partial charge is 0.257 e. The predicted octanol–water partition coefficient (Wildman–Crippen LogP) is 5.28. The lowest BCUT2D eigenvalue weighted by Gasteiger charge is -2.12. The molecule has 32 heavy (non-hydrogen) atoms. The molecule has 2 heterocycles. The summed E-state index contributed by atoms with van der Waals surface area (Å²) in [7, 11) is 1.53. The Morgan fingerprint density at radius 2 is 1.97 bits per heavy atom. The summed E-state index contributed by atoms with van der Waals surface area (Å²) < 4.78 is 17.4. The van der Waals surface area contributed by atoms with Crippen LogP contribution in [0.5, 0.6) is 11.5 Å². The summed E-state index contributed by atoms with van der Waals surface area (Å²) in [5.74, 6) is 1.77. The van der Waals surface area contributed by atoms with Gasteiger partial charge in [-0.25, -0.2) is 0 Å². The first-order chi connectivity index (χ1) is 15.5. The third kappa shape index (κ3) is 4.52. The van der Waals surface area contributed by atoms with Crippen LogP contribution >= 0.6 is 15.9 Å². The second kappa shape index (κ2) is 9.27. The van der Waals surface area contributed by atoms with E-state index in [1.165, 1.54) is 7.11 Å². The molecule has 0 aliphatic rings. The zero-order chi connectivity index (χ0) is 22.7. The van der Waals surface area contributed by atoms with E-state index in [-0.39, 0.29) is 12.5 Å². The standard InChI is InChI=1S/C23H21BrN4O4/c1-13-17(14(2)32-28-13)12-31-20-9-8-15(10-21(20)30-3)23(29)25-22-11-19(26-27-22)16-6-4-5-7-18(16)24/h4-11H,12H2,1-3H3,(H2,25,26,27,29). The zero-order valence-corrected chi connectivity index (χ0v) is 19.3. The number of hydrogen-bond donors (Lipinski definition) is 2. The number of benzene rings is 2. The molecule has 1 amide bonds. The Kier molecular flexibility index (Phi) is 6.27. The van der Waals surface area contributed by atoms with Gasteiger partial charge in [0.05, 0.1) is 24.1 Å². The van der Waals surface area contributed by atoms with Crippen LogP contribution < -0.4 is 14.8 Å². The molecule has 2 aromatic heterocycles. The highest BCUT2D eigenvalue weighted by Crippen LogP contribution is 2.31. The Labute approximate surface area is 193 Å². The maximum absolute atomic E-state index is 12.7. The van der Waals surface area contributed by atoms with E-state index in [1.54, 1.807) is 24.3 Å². The molecule has 0 radical (unpaired) electrons. The SMILES string of the molecule is COc1cc(C(=O)Nc2cc(-c3ccccc3Br)[nH]n2)ccc1OCc1c(C)noc1C. The van der Waals surface area contributed by atoms with Gasteiger partial charge in [0, 0.05) is 21.7 Å². The van der Waals surface area contributed by atoms with Gasteiger partial charge >= 0.3 is 0 Å². The maximum atomic E-state index is 12.7. The fraction of sp³-hybridized carbons (Fsp3) is 0.174. The van der Waals surface area contributed by atoms with Crippen LogP contribution in [0.2, 0.25) is 0 Å². The number of rotatable bonds is 7. The molecule has 0 saturated heterocycles. The van der Waals surface area contributed by atoms with Crippen LogP contribution in [-0.2, 0) is 6.61 Å². The Balaban J connectivity index is 1.47. The molecule has 4 rings (SSSR count). The Hall–Kier alpha value is -3.59. The highest BCUT2D eigenvalue weighted by atomic mass is 79.9. The van der Waals surface area contributed by atoms with Gasteiger partial charge in [-0.3, -0.25) is 9.89 Å². The number of H-pyrrole nitrogens is 1. The van der Waals surface area contributed by atoms with Crippen molar-refractivity contribution in [3.63, 3.8) is 0 Å². The highest BCUT2D eigenvalue weighted by Gasteiger charge is 2.15. The summed E-state index contributed by atoms with van der Waals surface area (Å²) in [4.78, 5) is 12.7. The number of hydrogen-bond acceptors (Lipinski definition) is 6. The van der Waals surface area contributed by atoms with Crippen molar-refractivity contribution in [2.75, 3.05) is 12.4 Å². The predicted molar refractivity (Wildman–Crippen MR) is 123 cm³/mol. The highest BCUT2D eigenvalue weighted by molar-refractivity contribution is 9.10.